The number of aliphatic hydroxyl groups is 7. The standard InChI is InChI=1S/C48H60N2O14/c1-29-39(61-21-17-53)27-40(62-22-18-54)30(2)45(29)49(13-5-7-15-51)33-9-11-35(37(57)25-33)43-47(59)44(48(43)60)36-12-10-34(26-38(36)58)50(14-6-8-16-52)46-31(3)41(63-23-19-55)28-42(32(46)4)64-24-20-56/h9-12,25-28,51-56H,5-8,13-24H2,1-4H3,(H2,57,58,59,60). The van der Waals surface area contributed by atoms with E-state index in [2.05, 4.69) is 0 Å². The average Bonchev–Trinajstić information content (AvgIpc) is 3.28. The number of anilines is 2. The molecule has 0 aliphatic heterocycles. The molecule has 2 aliphatic rings. The number of aliphatic hydroxyl groups excluding tert-OH is 7. The number of unbranched alkanes of at least 4 members (excludes halogenated alkanes) is 2. The van der Waals surface area contributed by atoms with Crippen molar-refractivity contribution in [2.45, 2.75) is 53.4 Å². The lowest BCUT2D eigenvalue weighted by molar-refractivity contribution is -0.441. The second-order valence-electron chi connectivity index (χ2n) is 15.2. The predicted octanol–water partition coefficient (Wildman–Crippen LogP) is 3.54. The highest BCUT2D eigenvalue weighted by molar-refractivity contribution is 6.39. The molecule has 0 bridgehead atoms. The van der Waals surface area contributed by atoms with Gasteiger partial charge in [0.1, 0.15) is 67.5 Å². The Morgan fingerprint density at radius 1 is 0.625 bits per heavy atom. The molecule has 0 aromatic heterocycles. The van der Waals surface area contributed by atoms with Crippen molar-refractivity contribution in [3.8, 4) is 28.7 Å². The van der Waals surface area contributed by atoms with Gasteiger partial charge >= 0.3 is 0 Å². The number of aromatic hydroxyl groups is 1. The largest absolute Gasteiger partial charge is 0.871 e. The zero-order chi connectivity index (χ0) is 46.5. The molecule has 16 nitrogen and oxygen atoms in total. The van der Waals surface area contributed by atoms with Gasteiger partial charge in [-0.2, -0.15) is 4.58 Å². The number of hydrogen-bond donors (Lipinski definition) is 8. The molecule has 0 fully saturated rings. The van der Waals surface area contributed by atoms with Gasteiger partial charge in [-0.15, -0.1) is 0 Å². The molecule has 0 radical (unpaired) electrons. The summed E-state index contributed by atoms with van der Waals surface area (Å²) in [6.07, 6.45) is 6.66. The number of phenols is 1. The van der Waals surface area contributed by atoms with Gasteiger partial charge in [-0.25, -0.2) is 0 Å². The Morgan fingerprint density at radius 3 is 1.61 bits per heavy atom. The lowest BCUT2D eigenvalue weighted by Gasteiger charge is -2.34. The Balaban J connectivity index is 1.56. The maximum absolute atomic E-state index is 13.9. The van der Waals surface area contributed by atoms with Gasteiger partial charge in [0.25, 0.3) is 0 Å². The smallest absolute Gasteiger partial charge is 0.219 e. The topological polar surface area (TPSA) is 245 Å². The highest BCUT2D eigenvalue weighted by Crippen LogP contribution is 2.46. The molecule has 0 unspecified atom stereocenters. The van der Waals surface area contributed by atoms with Crippen LogP contribution in [0.5, 0.6) is 28.7 Å². The summed E-state index contributed by atoms with van der Waals surface area (Å²) < 4.78 is 25.3. The van der Waals surface area contributed by atoms with Gasteiger partial charge in [0.2, 0.25) is 11.4 Å². The number of carbonyl (C=O) groups excluding carboxylic acids is 1. The molecule has 346 valence electrons. The average molecular weight is 889 g/mol. The van der Waals surface area contributed by atoms with Gasteiger partial charge < -0.3 is 69.8 Å². The molecule has 3 aromatic carbocycles. The summed E-state index contributed by atoms with van der Waals surface area (Å²) in [5.74, 6) is -0.244. The Kier molecular flexibility index (Phi) is 17.8. The van der Waals surface area contributed by atoms with Crippen molar-refractivity contribution in [3.05, 3.63) is 99.0 Å². The molecule has 0 heterocycles. The van der Waals surface area contributed by atoms with Crippen LogP contribution in [0, 0.1) is 27.7 Å². The van der Waals surface area contributed by atoms with E-state index in [0.717, 1.165) is 0 Å². The van der Waals surface area contributed by atoms with Crippen LogP contribution in [-0.2, 0) is 4.79 Å². The number of ether oxygens (including phenoxy) is 4. The number of nitrogens with zero attached hydrogens (tertiary/aromatic N) is 2. The molecule has 0 saturated carbocycles. The second-order valence-corrected chi connectivity index (χ2v) is 15.2. The number of carbonyl (C=O) groups is 1. The fraction of sp³-hybridized carbons (Fsp3) is 0.417. The van der Waals surface area contributed by atoms with Crippen molar-refractivity contribution in [1.29, 1.82) is 0 Å². The fourth-order valence-corrected chi connectivity index (χ4v) is 7.92. The maximum Gasteiger partial charge on any atom is 0.219 e. The predicted molar refractivity (Wildman–Crippen MR) is 239 cm³/mol. The number of allylic oxidation sites excluding steroid dienone is 5. The lowest BCUT2D eigenvalue weighted by atomic mass is 9.79. The van der Waals surface area contributed by atoms with Crippen LogP contribution in [0.1, 0.15) is 53.5 Å². The number of ketones is 1. The Morgan fingerprint density at radius 2 is 1.14 bits per heavy atom. The van der Waals surface area contributed by atoms with Gasteiger partial charge in [-0.3, -0.25) is 4.79 Å². The summed E-state index contributed by atoms with van der Waals surface area (Å²) in [6, 6.07) is 7.98. The molecule has 5 rings (SSSR count). The number of phenolic OH excluding ortho intramolecular Hbond substituents is 1. The van der Waals surface area contributed by atoms with Crippen molar-refractivity contribution >= 4 is 34.1 Å². The van der Waals surface area contributed by atoms with Crippen molar-refractivity contribution in [1.82, 2.24) is 0 Å². The van der Waals surface area contributed by atoms with E-state index < -0.39 is 11.5 Å². The van der Waals surface area contributed by atoms with Gasteiger partial charge in [-0.1, -0.05) is 5.76 Å². The van der Waals surface area contributed by atoms with Gasteiger partial charge in [-0.05, 0) is 65.2 Å². The highest BCUT2D eigenvalue weighted by atomic mass is 16.5. The minimum atomic E-state index is -0.659. The summed E-state index contributed by atoms with van der Waals surface area (Å²) in [6.45, 7) is 7.24. The molecule has 0 atom stereocenters. The van der Waals surface area contributed by atoms with Crippen LogP contribution in [0.15, 0.2) is 71.2 Å². The van der Waals surface area contributed by atoms with Crippen LogP contribution < -0.4 is 29.0 Å². The second kappa shape index (κ2) is 23.2. The van der Waals surface area contributed by atoms with Crippen LogP contribution in [0.25, 0.3) is 5.57 Å². The summed E-state index contributed by atoms with van der Waals surface area (Å²) in [5, 5.41) is 93.9. The maximum atomic E-state index is 13.9. The fourth-order valence-electron chi connectivity index (χ4n) is 7.92. The summed E-state index contributed by atoms with van der Waals surface area (Å²) in [5.41, 5.74) is 4.69. The van der Waals surface area contributed by atoms with E-state index in [1.807, 2.05) is 37.2 Å². The van der Waals surface area contributed by atoms with Gasteiger partial charge in [0.05, 0.1) is 49.3 Å². The van der Waals surface area contributed by atoms with E-state index in [0.29, 0.717) is 107 Å². The van der Waals surface area contributed by atoms with Crippen LogP contribution >= 0.6 is 0 Å². The number of Topliss-reactive ketones (excluding diaryl/α,β-unsaturated/α-hetero) is 1. The summed E-state index contributed by atoms with van der Waals surface area (Å²) >= 11 is 0. The molecule has 3 aromatic rings. The normalized spacial score (nSPS) is 15.6. The molecule has 0 spiro atoms. The van der Waals surface area contributed by atoms with Crippen LogP contribution in [-0.4, -0.2) is 136 Å². The molecule has 0 saturated heterocycles. The molecule has 16 heteroatoms. The molecular formula is C48H60N2O14. The lowest BCUT2D eigenvalue weighted by Crippen LogP contribution is -2.31. The number of rotatable bonds is 24. The summed E-state index contributed by atoms with van der Waals surface area (Å²) in [4.78, 5) is 15.8. The zero-order valence-corrected chi connectivity index (χ0v) is 36.9. The SMILES string of the molecule is Cc1c(OCCO)cc(OCCO)c(C)c1N(CCCCO)c1ccc(C2=C([O-])/C(=C3C=C/C(=[N+](/CCCCO)c4c(C)c(OCCO)cc(OCCO)c4C)C=C/3O)C2=O)c(O)c1. The van der Waals surface area contributed by atoms with Crippen LogP contribution in [0.2, 0.25) is 0 Å². The van der Waals surface area contributed by atoms with E-state index >= 15 is 0 Å². The minimum Gasteiger partial charge on any atom is -0.871 e. The third-order valence-electron chi connectivity index (χ3n) is 11.0. The highest BCUT2D eigenvalue weighted by Gasteiger charge is 2.35. The van der Waals surface area contributed by atoms with Crippen molar-refractivity contribution in [3.63, 3.8) is 0 Å². The first-order valence-electron chi connectivity index (χ1n) is 21.4. The Bertz CT molecular complexity index is 2260. The van der Waals surface area contributed by atoms with Crippen molar-refractivity contribution in [2.24, 2.45) is 0 Å². The minimum absolute atomic E-state index is 0.0119. The Labute approximate surface area is 372 Å². The van der Waals surface area contributed by atoms with Gasteiger partial charge in [0.15, 0.2) is 5.78 Å². The molecule has 64 heavy (non-hydrogen) atoms. The Hall–Kier alpha value is -5.88. The van der Waals surface area contributed by atoms with Crippen LogP contribution in [0.3, 0.4) is 0 Å². The molecule has 0 amide bonds. The zero-order valence-electron chi connectivity index (χ0n) is 36.9. The van der Waals surface area contributed by atoms with Gasteiger partial charge in [0, 0.05) is 89.6 Å². The van der Waals surface area contributed by atoms with Crippen LogP contribution in [0.4, 0.5) is 17.1 Å². The van der Waals surface area contributed by atoms with E-state index in [1.165, 1.54) is 24.3 Å². The van der Waals surface area contributed by atoms with E-state index in [9.17, 15) is 50.8 Å². The first-order chi connectivity index (χ1) is 30.9. The molecular weight excluding hydrogens is 829 g/mol. The number of benzene rings is 3. The first-order valence-corrected chi connectivity index (χ1v) is 21.4. The quantitative estimate of drug-likeness (QED) is 0.0364. The monoisotopic (exact) mass is 888 g/mol. The molecule has 2 aliphatic carbocycles. The molecule has 8 N–H and O–H groups in total. The van der Waals surface area contributed by atoms with E-state index in [1.54, 1.807) is 24.3 Å². The number of hydrogen-bond acceptors (Lipinski definition) is 15. The summed E-state index contributed by atoms with van der Waals surface area (Å²) in [7, 11) is 0. The third kappa shape index (κ3) is 10.7. The van der Waals surface area contributed by atoms with Crippen molar-refractivity contribution in [2.75, 3.05) is 84.1 Å². The van der Waals surface area contributed by atoms with E-state index in [4.69, 9.17) is 18.9 Å². The third-order valence-corrected chi connectivity index (χ3v) is 11.0. The van der Waals surface area contributed by atoms with E-state index in [-0.39, 0.29) is 99.9 Å². The first kappa shape index (κ1) is 49.1. The van der Waals surface area contributed by atoms with Crippen molar-refractivity contribution < 1.29 is 74.3 Å².